The van der Waals surface area contributed by atoms with Crippen LogP contribution in [0, 0.1) is 0 Å². The summed E-state index contributed by atoms with van der Waals surface area (Å²) in [5.74, 6) is 1.37. The van der Waals surface area contributed by atoms with Crippen LogP contribution in [0.5, 0.6) is 11.5 Å². The van der Waals surface area contributed by atoms with E-state index in [1.54, 1.807) is 0 Å². The van der Waals surface area contributed by atoms with Gasteiger partial charge in [-0.15, -0.1) is 0 Å². The van der Waals surface area contributed by atoms with E-state index in [0.717, 1.165) is 0 Å². The molecule has 1 amide bonds. The third-order valence-electron chi connectivity index (χ3n) is 3.65. The van der Waals surface area contributed by atoms with Gasteiger partial charge in [0.25, 0.3) is 5.91 Å². The van der Waals surface area contributed by atoms with E-state index < -0.39 is 6.10 Å². The van der Waals surface area contributed by atoms with Crippen LogP contribution in [0.2, 0.25) is 0 Å². The Kier molecular flexibility index (Phi) is 3.53. The van der Waals surface area contributed by atoms with Gasteiger partial charge in [0.1, 0.15) is 6.61 Å². The van der Waals surface area contributed by atoms with Gasteiger partial charge in [-0.3, -0.25) is 4.79 Å². The van der Waals surface area contributed by atoms with Crippen molar-refractivity contribution in [3.63, 3.8) is 0 Å². The molecule has 1 aromatic rings. The second-order valence-corrected chi connectivity index (χ2v) is 5.58. The highest BCUT2D eigenvalue weighted by Gasteiger charge is 2.34. The highest BCUT2D eigenvalue weighted by molar-refractivity contribution is 5.82. The summed E-state index contributed by atoms with van der Waals surface area (Å²) in [5.41, 5.74) is 0. The molecule has 0 saturated carbocycles. The summed E-state index contributed by atoms with van der Waals surface area (Å²) in [4.78, 5) is 14.4. The molecule has 0 bridgehead atoms. The molecule has 2 heterocycles. The minimum absolute atomic E-state index is 0.0136. The van der Waals surface area contributed by atoms with Crippen LogP contribution in [0.1, 0.15) is 13.8 Å². The zero-order chi connectivity index (χ0) is 14.1. The average molecular weight is 276 g/mol. The summed E-state index contributed by atoms with van der Waals surface area (Å²) in [7, 11) is 0. The number of hydrogen-bond donors (Lipinski definition) is 1. The average Bonchev–Trinajstić information content (AvgIpc) is 2.45. The van der Waals surface area contributed by atoms with Crippen LogP contribution >= 0.6 is 0 Å². The number of rotatable bonds is 1. The minimum Gasteiger partial charge on any atom is -0.485 e. The molecule has 20 heavy (non-hydrogen) atoms. The second kappa shape index (κ2) is 5.32. The first-order valence-electron chi connectivity index (χ1n) is 7.07. The van der Waals surface area contributed by atoms with Crippen molar-refractivity contribution in [2.45, 2.75) is 32.0 Å². The predicted octanol–water partition coefficient (Wildman–Crippen LogP) is 1.04. The zero-order valence-electron chi connectivity index (χ0n) is 11.8. The smallest absolute Gasteiger partial charge is 0.267 e. The lowest BCUT2D eigenvalue weighted by atomic mass is 10.1. The Morgan fingerprint density at radius 1 is 1.20 bits per heavy atom. The molecular weight excluding hydrogens is 256 g/mol. The van der Waals surface area contributed by atoms with E-state index in [1.807, 2.05) is 29.2 Å². The molecule has 2 aliphatic heterocycles. The number of para-hydroxylation sites is 2. The molecule has 1 N–H and O–H groups in total. The highest BCUT2D eigenvalue weighted by Crippen LogP contribution is 2.31. The van der Waals surface area contributed by atoms with Crippen LogP contribution in [-0.2, 0) is 4.79 Å². The number of nitrogens with zero attached hydrogens (tertiary/aromatic N) is 1. The van der Waals surface area contributed by atoms with Gasteiger partial charge in [0.2, 0.25) is 6.10 Å². The summed E-state index contributed by atoms with van der Waals surface area (Å²) in [6.45, 7) is 5.88. The summed E-state index contributed by atoms with van der Waals surface area (Å²) in [6, 6.07) is 8.07. The molecule has 5 heteroatoms. The van der Waals surface area contributed by atoms with Crippen LogP contribution in [0.4, 0.5) is 0 Å². The maximum Gasteiger partial charge on any atom is 0.267 e. The summed E-state index contributed by atoms with van der Waals surface area (Å²) in [5, 5.41) is 3.42. The number of amides is 1. The van der Waals surface area contributed by atoms with E-state index in [2.05, 4.69) is 19.2 Å². The van der Waals surface area contributed by atoms with Gasteiger partial charge >= 0.3 is 0 Å². The fourth-order valence-corrected chi connectivity index (χ4v) is 2.85. The molecule has 0 spiro atoms. The summed E-state index contributed by atoms with van der Waals surface area (Å²) in [6.07, 6.45) is -0.539. The number of fused-ring (bicyclic) bond motifs is 1. The molecule has 3 unspecified atom stereocenters. The van der Waals surface area contributed by atoms with Gasteiger partial charge in [-0.05, 0) is 26.0 Å². The van der Waals surface area contributed by atoms with Gasteiger partial charge in [0, 0.05) is 25.2 Å². The maximum absolute atomic E-state index is 12.5. The topological polar surface area (TPSA) is 50.8 Å². The third-order valence-corrected chi connectivity index (χ3v) is 3.65. The van der Waals surface area contributed by atoms with Crippen molar-refractivity contribution < 1.29 is 14.3 Å². The van der Waals surface area contributed by atoms with Gasteiger partial charge in [0.15, 0.2) is 11.5 Å². The normalized spacial score (nSPS) is 29.1. The van der Waals surface area contributed by atoms with Gasteiger partial charge in [0.05, 0.1) is 0 Å². The van der Waals surface area contributed by atoms with Crippen molar-refractivity contribution in [3.05, 3.63) is 24.3 Å². The molecule has 1 aromatic carbocycles. The molecule has 3 atom stereocenters. The Morgan fingerprint density at radius 3 is 2.55 bits per heavy atom. The Morgan fingerprint density at radius 2 is 1.85 bits per heavy atom. The van der Waals surface area contributed by atoms with E-state index in [4.69, 9.17) is 9.47 Å². The van der Waals surface area contributed by atoms with Crippen LogP contribution in [-0.4, -0.2) is 48.7 Å². The van der Waals surface area contributed by atoms with E-state index >= 15 is 0 Å². The molecule has 0 aliphatic carbocycles. The SMILES string of the molecule is CC1CN(C(=O)C2COc3ccccc3O2)CC(C)N1. The van der Waals surface area contributed by atoms with Crippen LogP contribution < -0.4 is 14.8 Å². The fraction of sp³-hybridized carbons (Fsp3) is 0.533. The van der Waals surface area contributed by atoms with Crippen molar-refractivity contribution in [2.75, 3.05) is 19.7 Å². The quantitative estimate of drug-likeness (QED) is 0.832. The van der Waals surface area contributed by atoms with E-state index in [9.17, 15) is 4.79 Å². The number of piperazine rings is 1. The van der Waals surface area contributed by atoms with Crippen molar-refractivity contribution in [2.24, 2.45) is 0 Å². The lowest BCUT2D eigenvalue weighted by molar-refractivity contribution is -0.143. The Labute approximate surface area is 118 Å². The molecule has 1 saturated heterocycles. The van der Waals surface area contributed by atoms with E-state index in [-0.39, 0.29) is 12.5 Å². The van der Waals surface area contributed by atoms with Crippen LogP contribution in [0.3, 0.4) is 0 Å². The molecule has 0 radical (unpaired) electrons. The lowest BCUT2D eigenvalue weighted by Crippen LogP contribution is -2.59. The van der Waals surface area contributed by atoms with Gasteiger partial charge in [-0.1, -0.05) is 12.1 Å². The lowest BCUT2D eigenvalue weighted by Gasteiger charge is -2.38. The van der Waals surface area contributed by atoms with E-state index in [0.29, 0.717) is 36.7 Å². The maximum atomic E-state index is 12.5. The molecule has 5 nitrogen and oxygen atoms in total. The summed E-state index contributed by atoms with van der Waals surface area (Å²) < 4.78 is 11.4. The molecule has 1 fully saturated rings. The van der Waals surface area contributed by atoms with Crippen LogP contribution in [0.15, 0.2) is 24.3 Å². The first-order chi connectivity index (χ1) is 9.63. The minimum atomic E-state index is -0.539. The van der Waals surface area contributed by atoms with Crippen molar-refractivity contribution in [3.8, 4) is 11.5 Å². The second-order valence-electron chi connectivity index (χ2n) is 5.58. The molecule has 0 aromatic heterocycles. The molecular formula is C15H20N2O3. The Balaban J connectivity index is 1.69. The Hall–Kier alpha value is -1.75. The van der Waals surface area contributed by atoms with Crippen molar-refractivity contribution >= 4 is 5.91 Å². The Bertz CT molecular complexity index is 496. The van der Waals surface area contributed by atoms with Gasteiger partial charge in [-0.25, -0.2) is 0 Å². The number of hydrogen-bond acceptors (Lipinski definition) is 4. The zero-order valence-corrected chi connectivity index (χ0v) is 11.8. The highest BCUT2D eigenvalue weighted by atomic mass is 16.6. The first kappa shape index (κ1) is 13.2. The summed E-state index contributed by atoms with van der Waals surface area (Å²) >= 11 is 0. The first-order valence-corrected chi connectivity index (χ1v) is 7.07. The standard InChI is InChI=1S/C15H20N2O3/c1-10-7-17(8-11(2)16-10)15(18)14-9-19-12-5-3-4-6-13(12)20-14/h3-6,10-11,14,16H,7-9H2,1-2H3. The predicted molar refractivity (Wildman–Crippen MR) is 75.0 cm³/mol. The molecule has 2 aliphatic rings. The largest absolute Gasteiger partial charge is 0.485 e. The fourth-order valence-electron chi connectivity index (χ4n) is 2.85. The molecule has 3 rings (SSSR count). The number of carbonyl (C=O) groups excluding carboxylic acids is 1. The van der Waals surface area contributed by atoms with Crippen molar-refractivity contribution in [1.29, 1.82) is 0 Å². The van der Waals surface area contributed by atoms with Gasteiger partial charge in [-0.2, -0.15) is 0 Å². The number of benzene rings is 1. The number of nitrogens with one attached hydrogen (secondary N) is 1. The van der Waals surface area contributed by atoms with Gasteiger partial charge < -0.3 is 19.7 Å². The molecule has 108 valence electrons. The number of ether oxygens (including phenoxy) is 2. The van der Waals surface area contributed by atoms with Crippen LogP contribution in [0.25, 0.3) is 0 Å². The third kappa shape index (κ3) is 2.58. The van der Waals surface area contributed by atoms with E-state index in [1.165, 1.54) is 0 Å². The number of carbonyl (C=O) groups is 1. The van der Waals surface area contributed by atoms with Crippen molar-refractivity contribution in [1.82, 2.24) is 10.2 Å². The monoisotopic (exact) mass is 276 g/mol.